The lowest BCUT2D eigenvalue weighted by molar-refractivity contribution is 0.0952. The Kier molecular flexibility index (Phi) is 5.18. The molecule has 0 atom stereocenters. The number of para-hydroxylation sites is 1. The van der Waals surface area contributed by atoms with Crippen molar-refractivity contribution in [1.82, 2.24) is 5.32 Å². The van der Waals surface area contributed by atoms with E-state index in [-0.39, 0.29) is 5.91 Å². The predicted octanol–water partition coefficient (Wildman–Crippen LogP) is 2.21. The van der Waals surface area contributed by atoms with Gasteiger partial charge < -0.3 is 10.1 Å². The highest BCUT2D eigenvalue weighted by Gasteiger charge is 2.10. The molecule has 1 amide bonds. The first kappa shape index (κ1) is 12.0. The first-order valence-electron chi connectivity index (χ1n) is 4.85. The normalized spacial score (nSPS) is 9.73. The molecule has 0 bridgehead atoms. The molecule has 0 saturated heterocycles. The summed E-state index contributed by atoms with van der Waals surface area (Å²) in [6.45, 7) is 3.06. The first-order chi connectivity index (χ1) is 7.29. The number of alkyl halides is 1. The summed E-state index contributed by atoms with van der Waals surface area (Å²) in [5, 5.41) is 3.49. The van der Waals surface area contributed by atoms with Gasteiger partial charge in [-0.05, 0) is 19.1 Å². The number of benzene rings is 1. The van der Waals surface area contributed by atoms with Gasteiger partial charge >= 0.3 is 0 Å². The molecule has 15 heavy (non-hydrogen) atoms. The Morgan fingerprint density at radius 1 is 1.47 bits per heavy atom. The second kappa shape index (κ2) is 6.45. The fourth-order valence-electron chi connectivity index (χ4n) is 1.18. The zero-order chi connectivity index (χ0) is 11.1. The molecular formula is C11H14BrNO2. The molecule has 82 valence electrons. The van der Waals surface area contributed by atoms with E-state index in [2.05, 4.69) is 21.2 Å². The van der Waals surface area contributed by atoms with E-state index in [1.165, 1.54) is 0 Å². The average molecular weight is 272 g/mol. The summed E-state index contributed by atoms with van der Waals surface area (Å²) in [6.07, 6.45) is 0. The number of hydrogen-bond acceptors (Lipinski definition) is 2. The molecular weight excluding hydrogens is 258 g/mol. The third-order valence-electron chi connectivity index (χ3n) is 1.80. The van der Waals surface area contributed by atoms with E-state index in [4.69, 9.17) is 4.74 Å². The van der Waals surface area contributed by atoms with E-state index < -0.39 is 0 Å². The highest BCUT2D eigenvalue weighted by atomic mass is 79.9. The smallest absolute Gasteiger partial charge is 0.255 e. The highest BCUT2D eigenvalue weighted by Crippen LogP contribution is 2.17. The lowest BCUT2D eigenvalue weighted by Crippen LogP contribution is -2.23. The summed E-state index contributed by atoms with van der Waals surface area (Å²) in [4.78, 5) is 11.6. The molecule has 0 aliphatic rings. The Balaban J connectivity index is 2.80. The lowest BCUT2D eigenvalue weighted by atomic mass is 10.2. The van der Waals surface area contributed by atoms with Crippen LogP contribution in [-0.4, -0.2) is 24.4 Å². The van der Waals surface area contributed by atoms with Crippen LogP contribution in [0.5, 0.6) is 5.75 Å². The molecule has 1 N–H and O–H groups in total. The van der Waals surface area contributed by atoms with Gasteiger partial charge in [0.15, 0.2) is 0 Å². The molecule has 0 aliphatic heterocycles. The van der Waals surface area contributed by atoms with Crippen LogP contribution in [0.25, 0.3) is 0 Å². The van der Waals surface area contributed by atoms with Crippen molar-refractivity contribution in [2.45, 2.75) is 6.92 Å². The zero-order valence-electron chi connectivity index (χ0n) is 8.63. The molecule has 0 radical (unpaired) electrons. The summed E-state index contributed by atoms with van der Waals surface area (Å²) in [6, 6.07) is 7.24. The van der Waals surface area contributed by atoms with E-state index in [9.17, 15) is 4.79 Å². The number of halogens is 1. The second-order valence-corrected chi connectivity index (χ2v) is 3.69. The van der Waals surface area contributed by atoms with Crippen LogP contribution in [0.15, 0.2) is 24.3 Å². The molecule has 1 aromatic rings. The van der Waals surface area contributed by atoms with Crippen LogP contribution in [0.1, 0.15) is 17.3 Å². The van der Waals surface area contributed by atoms with Crippen LogP contribution in [0.4, 0.5) is 0 Å². The average Bonchev–Trinajstić information content (AvgIpc) is 2.27. The third kappa shape index (κ3) is 3.55. The predicted molar refractivity (Wildman–Crippen MR) is 63.7 cm³/mol. The monoisotopic (exact) mass is 271 g/mol. The topological polar surface area (TPSA) is 38.3 Å². The van der Waals surface area contributed by atoms with Crippen LogP contribution >= 0.6 is 15.9 Å². The minimum atomic E-state index is -0.0947. The van der Waals surface area contributed by atoms with Gasteiger partial charge in [0.05, 0.1) is 12.2 Å². The van der Waals surface area contributed by atoms with Crippen LogP contribution in [0.2, 0.25) is 0 Å². The summed E-state index contributed by atoms with van der Waals surface area (Å²) in [7, 11) is 0. The maximum absolute atomic E-state index is 11.6. The molecule has 0 aromatic heterocycles. The molecule has 0 aliphatic carbocycles. The van der Waals surface area contributed by atoms with Crippen LogP contribution in [0.3, 0.4) is 0 Å². The van der Waals surface area contributed by atoms with Crippen molar-refractivity contribution in [3.8, 4) is 5.75 Å². The maximum Gasteiger partial charge on any atom is 0.255 e. The Hall–Kier alpha value is -1.03. The van der Waals surface area contributed by atoms with E-state index in [0.717, 1.165) is 5.33 Å². The standard InChI is InChI=1S/C11H14BrNO2/c1-2-13-11(14)9-5-3-4-6-10(9)15-8-7-12/h3-6H,2,7-8H2,1H3,(H,13,14). The van der Waals surface area contributed by atoms with Gasteiger partial charge in [-0.2, -0.15) is 0 Å². The van der Waals surface area contributed by atoms with Gasteiger partial charge in [-0.25, -0.2) is 0 Å². The van der Waals surface area contributed by atoms with E-state index >= 15 is 0 Å². The van der Waals surface area contributed by atoms with Gasteiger partial charge in [0.25, 0.3) is 5.91 Å². The van der Waals surface area contributed by atoms with Crippen molar-refractivity contribution in [2.75, 3.05) is 18.5 Å². The highest BCUT2D eigenvalue weighted by molar-refractivity contribution is 9.09. The maximum atomic E-state index is 11.6. The molecule has 0 unspecified atom stereocenters. The number of ether oxygens (including phenoxy) is 1. The Morgan fingerprint density at radius 3 is 2.87 bits per heavy atom. The van der Waals surface area contributed by atoms with Crippen molar-refractivity contribution in [1.29, 1.82) is 0 Å². The molecule has 1 aromatic carbocycles. The quantitative estimate of drug-likeness (QED) is 0.834. The van der Waals surface area contributed by atoms with Gasteiger partial charge in [0.1, 0.15) is 5.75 Å². The SMILES string of the molecule is CCNC(=O)c1ccccc1OCCBr. The molecule has 4 heteroatoms. The number of carbonyl (C=O) groups excluding carboxylic acids is 1. The van der Waals surface area contributed by atoms with Crippen molar-refractivity contribution in [3.63, 3.8) is 0 Å². The number of rotatable bonds is 5. The molecule has 0 spiro atoms. The number of amides is 1. The summed E-state index contributed by atoms with van der Waals surface area (Å²) in [5.41, 5.74) is 0.584. The molecule has 0 saturated carbocycles. The van der Waals surface area contributed by atoms with Crippen molar-refractivity contribution >= 4 is 21.8 Å². The van der Waals surface area contributed by atoms with Crippen LogP contribution in [0, 0.1) is 0 Å². The van der Waals surface area contributed by atoms with Gasteiger partial charge in [-0.1, -0.05) is 28.1 Å². The van der Waals surface area contributed by atoms with Crippen molar-refractivity contribution in [2.24, 2.45) is 0 Å². The summed E-state index contributed by atoms with van der Waals surface area (Å²) in [5.74, 6) is 0.533. The van der Waals surface area contributed by atoms with E-state index in [1.807, 2.05) is 19.1 Å². The molecule has 0 fully saturated rings. The molecule has 1 rings (SSSR count). The second-order valence-electron chi connectivity index (χ2n) is 2.89. The Bertz CT molecular complexity index is 328. The van der Waals surface area contributed by atoms with Crippen LogP contribution in [-0.2, 0) is 0 Å². The number of carbonyl (C=O) groups is 1. The lowest BCUT2D eigenvalue weighted by Gasteiger charge is -2.09. The number of nitrogens with one attached hydrogen (secondary N) is 1. The van der Waals surface area contributed by atoms with Gasteiger partial charge in [-0.3, -0.25) is 4.79 Å². The first-order valence-corrected chi connectivity index (χ1v) is 5.97. The minimum Gasteiger partial charge on any atom is -0.492 e. The minimum absolute atomic E-state index is 0.0947. The fraction of sp³-hybridized carbons (Fsp3) is 0.364. The Labute approximate surface area is 97.9 Å². The van der Waals surface area contributed by atoms with E-state index in [1.54, 1.807) is 12.1 Å². The van der Waals surface area contributed by atoms with Gasteiger partial charge in [0, 0.05) is 11.9 Å². The van der Waals surface area contributed by atoms with E-state index in [0.29, 0.717) is 24.5 Å². The summed E-state index contributed by atoms with van der Waals surface area (Å²) < 4.78 is 5.45. The summed E-state index contributed by atoms with van der Waals surface area (Å²) >= 11 is 3.27. The molecule has 3 nitrogen and oxygen atoms in total. The fourth-order valence-corrected chi connectivity index (χ4v) is 1.35. The van der Waals surface area contributed by atoms with Gasteiger partial charge in [-0.15, -0.1) is 0 Å². The van der Waals surface area contributed by atoms with Crippen molar-refractivity contribution in [3.05, 3.63) is 29.8 Å². The Morgan fingerprint density at radius 2 is 2.20 bits per heavy atom. The molecule has 0 heterocycles. The third-order valence-corrected chi connectivity index (χ3v) is 2.13. The van der Waals surface area contributed by atoms with Crippen LogP contribution < -0.4 is 10.1 Å². The van der Waals surface area contributed by atoms with Crippen molar-refractivity contribution < 1.29 is 9.53 Å². The largest absolute Gasteiger partial charge is 0.492 e. The van der Waals surface area contributed by atoms with Gasteiger partial charge in [0.2, 0.25) is 0 Å². The zero-order valence-corrected chi connectivity index (χ0v) is 10.2. The number of hydrogen-bond donors (Lipinski definition) is 1.